The number of aromatic nitrogens is 1. The predicted octanol–water partition coefficient (Wildman–Crippen LogP) is 16.1. The lowest BCUT2D eigenvalue weighted by atomic mass is 9.97. The van der Waals surface area contributed by atoms with Gasteiger partial charge in [-0.15, -0.1) is 0 Å². The van der Waals surface area contributed by atoms with Gasteiger partial charge in [0.05, 0.1) is 11.0 Å². The fraction of sp³-hybridized carbons (Fsp3) is 0. The van der Waals surface area contributed by atoms with Gasteiger partial charge in [-0.05, 0) is 135 Å². The molecule has 74 heavy (non-hydrogen) atoms. The highest BCUT2D eigenvalue weighted by Gasteiger charge is 2.49. The van der Waals surface area contributed by atoms with Crippen molar-refractivity contribution in [3.8, 4) is 83.6 Å². The van der Waals surface area contributed by atoms with Crippen molar-refractivity contribution in [2.24, 2.45) is 0 Å². The molecular weight excluding hydrogens is 907 g/mol. The molecular formula is C72H49NSi. The fourth-order valence-electron chi connectivity index (χ4n) is 11.9. The highest BCUT2D eigenvalue weighted by Crippen LogP contribution is 2.40. The van der Waals surface area contributed by atoms with Crippen LogP contribution in [0, 0.1) is 0 Å². The molecule has 1 nitrogen and oxygen atoms in total. The topological polar surface area (TPSA) is 4.93 Å². The van der Waals surface area contributed by atoms with Crippen LogP contribution in [-0.4, -0.2) is 12.6 Å². The molecule has 0 bridgehead atoms. The normalized spacial score (nSPS) is 12.4. The second-order valence-corrected chi connectivity index (χ2v) is 23.3. The first-order chi connectivity index (χ1) is 36.7. The Kier molecular flexibility index (Phi) is 10.6. The molecule has 0 saturated carbocycles. The van der Waals surface area contributed by atoms with Gasteiger partial charge < -0.3 is 4.57 Å². The van der Waals surface area contributed by atoms with E-state index in [1.54, 1.807) is 0 Å². The first-order valence-electron chi connectivity index (χ1n) is 25.6. The molecule has 346 valence electrons. The summed E-state index contributed by atoms with van der Waals surface area (Å²) in [4.78, 5) is 0. The van der Waals surface area contributed by atoms with Crippen LogP contribution in [0.2, 0.25) is 0 Å². The van der Waals surface area contributed by atoms with Gasteiger partial charge in [-0.1, -0.05) is 261 Å². The quantitative estimate of drug-likeness (QED) is 0.127. The second-order valence-electron chi connectivity index (χ2n) is 19.6. The first-order valence-corrected chi connectivity index (χ1v) is 27.6. The molecule has 2 heterocycles. The van der Waals surface area contributed by atoms with Crippen molar-refractivity contribution in [2.45, 2.75) is 0 Å². The second kappa shape index (κ2) is 18.1. The molecule has 1 aliphatic rings. The minimum Gasteiger partial charge on any atom is -0.309 e. The molecule has 0 fully saturated rings. The van der Waals surface area contributed by atoms with Gasteiger partial charge in [0.1, 0.15) is 0 Å². The Morgan fingerprint density at radius 2 is 0.500 bits per heavy atom. The van der Waals surface area contributed by atoms with Crippen LogP contribution in [0.4, 0.5) is 0 Å². The van der Waals surface area contributed by atoms with Crippen LogP contribution in [-0.2, 0) is 0 Å². The Morgan fingerprint density at radius 3 is 0.892 bits per heavy atom. The average molecular weight is 956 g/mol. The lowest BCUT2D eigenvalue weighted by molar-refractivity contribution is 1.18. The summed E-state index contributed by atoms with van der Waals surface area (Å²) in [7, 11) is -2.91. The number of rotatable bonds is 9. The Hall–Kier alpha value is -9.34. The van der Waals surface area contributed by atoms with Crippen molar-refractivity contribution in [2.75, 3.05) is 0 Å². The Bertz CT molecular complexity index is 3990. The van der Waals surface area contributed by atoms with E-state index in [9.17, 15) is 0 Å². The first kappa shape index (κ1) is 43.4. The van der Waals surface area contributed by atoms with Crippen molar-refractivity contribution >= 4 is 50.6 Å². The summed E-state index contributed by atoms with van der Waals surface area (Å²) in [5, 5.41) is 8.07. The highest BCUT2D eigenvalue weighted by atomic mass is 28.3. The molecule has 0 aliphatic carbocycles. The molecule has 0 radical (unpaired) electrons. The number of hydrogen-bond acceptors (Lipinski definition) is 0. The van der Waals surface area contributed by atoms with E-state index in [1.807, 2.05) is 0 Å². The van der Waals surface area contributed by atoms with Gasteiger partial charge >= 0.3 is 0 Å². The summed E-state index contributed by atoms with van der Waals surface area (Å²) >= 11 is 0. The van der Waals surface area contributed by atoms with Crippen molar-refractivity contribution in [3.05, 3.63) is 297 Å². The molecule has 0 unspecified atom stereocenters. The number of hydrogen-bond donors (Lipinski definition) is 0. The maximum absolute atomic E-state index is 2.91. The standard InChI is InChI=1S/C72H49NSi/c1-6-16-50(17-7-1)53-26-32-56(33-27-53)59-39-44-69-67(46-59)68-47-60(57-34-28-54(29-35-57)51-18-8-2-9-19-51)40-45-70(68)73(69)62-41-43-66-65-42-38-61(58-36-30-55(31-37-58)52-20-10-3-11-21-52)48-71(65)74(72(66)49-62,63-22-12-4-13-23-63)64-24-14-5-15-25-64/h1-49H. The fourth-order valence-corrected chi connectivity index (χ4v) is 17.1. The molecule has 1 aliphatic heterocycles. The van der Waals surface area contributed by atoms with E-state index in [0.29, 0.717) is 0 Å². The highest BCUT2D eigenvalue weighted by molar-refractivity contribution is 7.22. The zero-order valence-electron chi connectivity index (χ0n) is 40.7. The van der Waals surface area contributed by atoms with Gasteiger partial charge in [0, 0.05) is 16.5 Å². The molecule has 1 aromatic heterocycles. The SMILES string of the molecule is c1ccc(-c2ccc(-c3ccc4c(c3)[Si](c3ccccc3)(c3ccccc3)c3cc(-n5c6ccc(-c7ccc(-c8ccccc8)cc7)cc6c6cc(-c7ccc(-c8ccccc8)cc7)ccc65)ccc3-4)cc2)cc1. The van der Waals surface area contributed by atoms with E-state index < -0.39 is 8.07 Å². The Labute approximate surface area is 433 Å². The molecule has 0 saturated heterocycles. The molecule has 0 amide bonds. The Morgan fingerprint density at radius 1 is 0.216 bits per heavy atom. The van der Waals surface area contributed by atoms with Gasteiger partial charge in [-0.3, -0.25) is 0 Å². The van der Waals surface area contributed by atoms with E-state index in [0.717, 1.165) is 5.69 Å². The van der Waals surface area contributed by atoms with Gasteiger partial charge in [0.15, 0.2) is 8.07 Å². The van der Waals surface area contributed by atoms with Crippen molar-refractivity contribution in [1.29, 1.82) is 0 Å². The maximum atomic E-state index is 2.56. The van der Waals surface area contributed by atoms with Gasteiger partial charge in [-0.25, -0.2) is 0 Å². The molecule has 14 rings (SSSR count). The Balaban J connectivity index is 0.952. The van der Waals surface area contributed by atoms with Crippen LogP contribution in [0.25, 0.3) is 105 Å². The van der Waals surface area contributed by atoms with Crippen molar-refractivity contribution in [3.63, 3.8) is 0 Å². The van der Waals surface area contributed by atoms with Gasteiger partial charge in [0.2, 0.25) is 0 Å². The maximum Gasteiger partial charge on any atom is 0.180 e. The zero-order valence-corrected chi connectivity index (χ0v) is 41.7. The van der Waals surface area contributed by atoms with E-state index in [4.69, 9.17) is 0 Å². The van der Waals surface area contributed by atoms with Crippen LogP contribution in [0.5, 0.6) is 0 Å². The molecule has 0 atom stereocenters. The van der Waals surface area contributed by atoms with Crippen LogP contribution in [0.1, 0.15) is 0 Å². The van der Waals surface area contributed by atoms with Gasteiger partial charge in [0.25, 0.3) is 0 Å². The van der Waals surface area contributed by atoms with Crippen LogP contribution < -0.4 is 20.7 Å². The largest absolute Gasteiger partial charge is 0.309 e. The summed E-state index contributed by atoms with van der Waals surface area (Å²) in [5.41, 5.74) is 20.7. The van der Waals surface area contributed by atoms with Crippen LogP contribution in [0.3, 0.4) is 0 Å². The van der Waals surface area contributed by atoms with Crippen LogP contribution >= 0.6 is 0 Å². The third-order valence-corrected chi connectivity index (χ3v) is 20.4. The predicted molar refractivity (Wildman–Crippen MR) is 316 cm³/mol. The minimum absolute atomic E-state index is 1.16. The smallest absolute Gasteiger partial charge is 0.180 e. The molecule has 12 aromatic carbocycles. The van der Waals surface area contributed by atoms with E-state index >= 15 is 0 Å². The van der Waals surface area contributed by atoms with Crippen LogP contribution in [0.15, 0.2) is 297 Å². The summed E-state index contributed by atoms with van der Waals surface area (Å²) < 4.78 is 2.52. The molecule has 0 N–H and O–H groups in total. The summed E-state index contributed by atoms with van der Waals surface area (Å²) in [6.45, 7) is 0. The number of nitrogens with zero attached hydrogens (tertiary/aromatic N) is 1. The van der Waals surface area contributed by atoms with Crippen molar-refractivity contribution in [1.82, 2.24) is 4.57 Å². The molecule has 13 aromatic rings. The third-order valence-electron chi connectivity index (χ3n) is 15.5. The zero-order chi connectivity index (χ0) is 49.0. The molecule has 2 heteroatoms. The van der Waals surface area contributed by atoms with Crippen molar-refractivity contribution < 1.29 is 0 Å². The third kappa shape index (κ3) is 7.30. The monoisotopic (exact) mass is 955 g/mol. The number of benzene rings is 12. The van der Waals surface area contributed by atoms with E-state index in [2.05, 4.69) is 302 Å². The lowest BCUT2D eigenvalue weighted by Crippen LogP contribution is -2.72. The lowest BCUT2D eigenvalue weighted by Gasteiger charge is -2.32. The molecule has 0 spiro atoms. The summed E-state index contributed by atoms with van der Waals surface area (Å²) in [5.74, 6) is 0. The van der Waals surface area contributed by atoms with E-state index in [1.165, 1.54) is 120 Å². The number of fused-ring (bicyclic) bond motifs is 6. The average Bonchev–Trinajstić information content (AvgIpc) is 4.05. The summed E-state index contributed by atoms with van der Waals surface area (Å²) in [6, 6.07) is 111. The summed E-state index contributed by atoms with van der Waals surface area (Å²) in [6.07, 6.45) is 0. The minimum atomic E-state index is -2.91. The van der Waals surface area contributed by atoms with Gasteiger partial charge in [-0.2, -0.15) is 0 Å². The van der Waals surface area contributed by atoms with E-state index in [-0.39, 0.29) is 0 Å².